The first-order chi connectivity index (χ1) is 11.5. The van der Waals surface area contributed by atoms with Crippen molar-refractivity contribution in [2.75, 3.05) is 37.7 Å². The summed E-state index contributed by atoms with van der Waals surface area (Å²) in [7, 11) is -3.49. The first-order valence-corrected chi connectivity index (χ1v) is 9.99. The van der Waals surface area contributed by atoms with Crippen LogP contribution >= 0.6 is 0 Å². The van der Waals surface area contributed by atoms with Gasteiger partial charge in [0.15, 0.2) is 0 Å². The molecule has 24 heavy (non-hydrogen) atoms. The van der Waals surface area contributed by atoms with Gasteiger partial charge < -0.3 is 9.64 Å². The Bertz CT molecular complexity index is 711. The van der Waals surface area contributed by atoms with Crippen molar-refractivity contribution in [3.05, 3.63) is 23.8 Å². The number of hydrogen-bond donors (Lipinski definition) is 0. The van der Waals surface area contributed by atoms with E-state index in [0.717, 1.165) is 24.1 Å². The van der Waals surface area contributed by atoms with Crippen molar-refractivity contribution in [1.29, 1.82) is 0 Å². The monoisotopic (exact) mass is 352 g/mol. The molecule has 0 aliphatic carbocycles. The standard InChI is InChI=1S/C17H24N2O4S/c1-2-3-4-17(20)19-8-7-14-13-15(5-6-16(14)19)24(21,22)18-9-11-23-12-10-18/h5-6,13H,2-4,7-12H2,1H3. The molecule has 132 valence electrons. The van der Waals surface area contributed by atoms with Gasteiger partial charge in [-0.15, -0.1) is 0 Å². The molecule has 6 nitrogen and oxygen atoms in total. The average molecular weight is 352 g/mol. The lowest BCUT2D eigenvalue weighted by Crippen LogP contribution is -2.40. The average Bonchev–Trinajstić information content (AvgIpc) is 3.03. The van der Waals surface area contributed by atoms with Gasteiger partial charge in [-0.05, 0) is 36.6 Å². The van der Waals surface area contributed by atoms with E-state index in [1.54, 1.807) is 23.1 Å². The molecule has 2 aliphatic rings. The number of carbonyl (C=O) groups is 1. The zero-order chi connectivity index (χ0) is 17.2. The van der Waals surface area contributed by atoms with Crippen LogP contribution in [-0.2, 0) is 26.0 Å². The summed E-state index contributed by atoms with van der Waals surface area (Å²) in [4.78, 5) is 14.4. The summed E-state index contributed by atoms with van der Waals surface area (Å²) in [6.07, 6.45) is 3.13. The molecule has 0 bridgehead atoms. The number of anilines is 1. The van der Waals surface area contributed by atoms with Gasteiger partial charge in [-0.25, -0.2) is 8.42 Å². The molecule has 1 amide bonds. The first kappa shape index (κ1) is 17.4. The maximum atomic E-state index is 12.7. The molecule has 0 radical (unpaired) electrons. The number of ether oxygens (including phenoxy) is 1. The summed E-state index contributed by atoms with van der Waals surface area (Å²) < 4.78 is 32.2. The van der Waals surface area contributed by atoms with Crippen molar-refractivity contribution in [1.82, 2.24) is 4.31 Å². The van der Waals surface area contributed by atoms with Crippen LogP contribution in [0.5, 0.6) is 0 Å². The van der Waals surface area contributed by atoms with Crippen molar-refractivity contribution < 1.29 is 17.9 Å². The van der Waals surface area contributed by atoms with Gasteiger partial charge in [0.1, 0.15) is 0 Å². The highest BCUT2D eigenvalue weighted by atomic mass is 32.2. The highest BCUT2D eigenvalue weighted by Gasteiger charge is 2.29. The smallest absolute Gasteiger partial charge is 0.243 e. The number of hydrogen-bond acceptors (Lipinski definition) is 4. The number of amides is 1. The Balaban J connectivity index is 1.81. The molecule has 2 aliphatic heterocycles. The molecule has 1 aromatic rings. The third-order valence-electron chi connectivity index (χ3n) is 4.60. The van der Waals surface area contributed by atoms with E-state index in [2.05, 4.69) is 6.92 Å². The number of sulfonamides is 1. The van der Waals surface area contributed by atoms with Gasteiger partial charge in [0.2, 0.25) is 15.9 Å². The van der Waals surface area contributed by atoms with E-state index in [9.17, 15) is 13.2 Å². The van der Waals surface area contributed by atoms with Crippen molar-refractivity contribution in [2.24, 2.45) is 0 Å². The van der Waals surface area contributed by atoms with Crippen LogP contribution in [0.3, 0.4) is 0 Å². The topological polar surface area (TPSA) is 66.9 Å². The number of carbonyl (C=O) groups excluding carboxylic acids is 1. The molecule has 0 atom stereocenters. The van der Waals surface area contributed by atoms with Gasteiger partial charge in [-0.1, -0.05) is 13.3 Å². The van der Waals surface area contributed by atoms with Crippen LogP contribution in [0, 0.1) is 0 Å². The molecule has 0 saturated carbocycles. The largest absolute Gasteiger partial charge is 0.379 e. The molecular weight excluding hydrogens is 328 g/mol. The maximum Gasteiger partial charge on any atom is 0.243 e. The Kier molecular flexibility index (Phi) is 5.22. The predicted octanol–water partition coefficient (Wildman–Crippen LogP) is 1.79. The molecule has 0 unspecified atom stereocenters. The van der Waals surface area contributed by atoms with Crippen molar-refractivity contribution in [2.45, 2.75) is 37.5 Å². The summed E-state index contributed by atoms with van der Waals surface area (Å²) in [5.74, 6) is 0.124. The van der Waals surface area contributed by atoms with Crippen LogP contribution < -0.4 is 4.90 Å². The zero-order valence-corrected chi connectivity index (χ0v) is 14.8. The molecule has 0 aromatic heterocycles. The van der Waals surface area contributed by atoms with E-state index in [-0.39, 0.29) is 5.91 Å². The highest BCUT2D eigenvalue weighted by Crippen LogP contribution is 2.31. The van der Waals surface area contributed by atoms with E-state index in [4.69, 9.17) is 4.74 Å². The summed E-state index contributed by atoms with van der Waals surface area (Å²) in [6, 6.07) is 5.13. The second-order valence-corrected chi connectivity index (χ2v) is 8.14. The Morgan fingerprint density at radius 2 is 1.96 bits per heavy atom. The van der Waals surface area contributed by atoms with Gasteiger partial charge in [-0.2, -0.15) is 4.31 Å². The van der Waals surface area contributed by atoms with E-state index < -0.39 is 10.0 Å². The number of fused-ring (bicyclic) bond motifs is 1. The lowest BCUT2D eigenvalue weighted by atomic mass is 10.2. The van der Waals surface area contributed by atoms with Gasteiger partial charge >= 0.3 is 0 Å². The van der Waals surface area contributed by atoms with Crippen LogP contribution in [0.15, 0.2) is 23.1 Å². The quantitative estimate of drug-likeness (QED) is 0.810. The molecule has 1 fully saturated rings. The summed E-state index contributed by atoms with van der Waals surface area (Å²) in [5.41, 5.74) is 1.80. The minimum absolute atomic E-state index is 0.124. The normalized spacial score (nSPS) is 18.6. The van der Waals surface area contributed by atoms with E-state index in [1.807, 2.05) is 0 Å². The number of rotatable bonds is 5. The lowest BCUT2D eigenvalue weighted by molar-refractivity contribution is -0.118. The molecular formula is C17H24N2O4S. The molecule has 0 spiro atoms. The Labute approximate surface area is 143 Å². The molecule has 7 heteroatoms. The van der Waals surface area contributed by atoms with E-state index >= 15 is 0 Å². The van der Waals surface area contributed by atoms with Crippen LogP contribution in [0.4, 0.5) is 5.69 Å². The molecule has 0 N–H and O–H groups in total. The second-order valence-electron chi connectivity index (χ2n) is 6.21. The number of benzene rings is 1. The summed E-state index contributed by atoms with van der Waals surface area (Å²) in [6.45, 7) is 4.35. The fraction of sp³-hybridized carbons (Fsp3) is 0.588. The minimum atomic E-state index is -3.49. The molecule has 1 aromatic carbocycles. The van der Waals surface area contributed by atoms with Gasteiger partial charge in [0, 0.05) is 31.7 Å². The van der Waals surface area contributed by atoms with Crippen LogP contribution in [-0.4, -0.2) is 51.5 Å². The van der Waals surface area contributed by atoms with Crippen LogP contribution in [0.2, 0.25) is 0 Å². The van der Waals surface area contributed by atoms with Gasteiger partial charge in [0.05, 0.1) is 18.1 Å². The van der Waals surface area contributed by atoms with E-state index in [0.29, 0.717) is 50.6 Å². The first-order valence-electron chi connectivity index (χ1n) is 8.55. The Hall–Kier alpha value is -1.44. The van der Waals surface area contributed by atoms with Crippen LogP contribution in [0.1, 0.15) is 31.7 Å². The van der Waals surface area contributed by atoms with Gasteiger partial charge in [0.25, 0.3) is 0 Å². The Morgan fingerprint density at radius 3 is 2.67 bits per heavy atom. The van der Waals surface area contributed by atoms with Gasteiger partial charge in [-0.3, -0.25) is 4.79 Å². The fourth-order valence-electron chi connectivity index (χ4n) is 3.20. The van der Waals surface area contributed by atoms with Crippen molar-refractivity contribution in [3.63, 3.8) is 0 Å². The Morgan fingerprint density at radius 1 is 1.21 bits per heavy atom. The van der Waals surface area contributed by atoms with Crippen LogP contribution in [0.25, 0.3) is 0 Å². The summed E-state index contributed by atoms with van der Waals surface area (Å²) in [5, 5.41) is 0. The van der Waals surface area contributed by atoms with Crippen molar-refractivity contribution in [3.8, 4) is 0 Å². The number of nitrogens with zero attached hydrogens (tertiary/aromatic N) is 2. The van der Waals surface area contributed by atoms with E-state index in [1.165, 1.54) is 4.31 Å². The highest BCUT2D eigenvalue weighted by molar-refractivity contribution is 7.89. The third-order valence-corrected chi connectivity index (χ3v) is 6.49. The van der Waals surface area contributed by atoms with Crippen molar-refractivity contribution >= 4 is 21.6 Å². The molecule has 1 saturated heterocycles. The summed E-state index contributed by atoms with van der Waals surface area (Å²) >= 11 is 0. The predicted molar refractivity (Wildman–Crippen MR) is 91.6 cm³/mol. The molecule has 3 rings (SSSR count). The molecule has 2 heterocycles. The maximum absolute atomic E-state index is 12.7. The number of unbranched alkanes of at least 4 members (excludes halogenated alkanes) is 1. The fourth-order valence-corrected chi connectivity index (χ4v) is 4.66. The second kappa shape index (κ2) is 7.21. The minimum Gasteiger partial charge on any atom is -0.379 e. The number of morpholine rings is 1. The SMILES string of the molecule is CCCCC(=O)N1CCc2cc(S(=O)(=O)N3CCOCC3)ccc21. The third kappa shape index (κ3) is 3.34. The lowest BCUT2D eigenvalue weighted by Gasteiger charge is -2.26. The zero-order valence-electron chi connectivity index (χ0n) is 14.0.